The molecule has 1 N–H and O–H groups in total. The Morgan fingerprint density at radius 3 is 2.91 bits per heavy atom. The molecule has 0 amide bonds. The molecule has 0 saturated carbocycles. The van der Waals surface area contributed by atoms with Gasteiger partial charge in [0.1, 0.15) is 6.61 Å². The highest BCUT2D eigenvalue weighted by Gasteiger charge is 2.05. The molecule has 0 heterocycles. The van der Waals surface area contributed by atoms with Gasteiger partial charge in [0.2, 0.25) is 0 Å². The maximum absolute atomic E-state index is 10.6. The van der Waals surface area contributed by atoms with Gasteiger partial charge in [0.25, 0.3) is 0 Å². The normalized spacial score (nSPS) is 10.4. The lowest BCUT2D eigenvalue weighted by Crippen LogP contribution is -2.07. The van der Waals surface area contributed by atoms with Crippen LogP contribution in [0.15, 0.2) is 11.8 Å². The van der Waals surface area contributed by atoms with Crippen LogP contribution in [0.25, 0.3) is 0 Å². The summed E-state index contributed by atoms with van der Waals surface area (Å²) in [5, 5.41) is 16.8. The average Bonchev–Trinajstić information content (AvgIpc) is 2.03. The summed E-state index contributed by atoms with van der Waals surface area (Å²) in [4.78, 5) is 10.6. The molecule has 0 aliphatic heterocycles. The van der Waals surface area contributed by atoms with E-state index in [0.717, 1.165) is 0 Å². The van der Waals surface area contributed by atoms with Gasteiger partial charge in [-0.2, -0.15) is 5.26 Å². The summed E-state index contributed by atoms with van der Waals surface area (Å²) >= 11 is 0. The summed E-state index contributed by atoms with van der Waals surface area (Å²) in [6.07, 6.45) is 1.37. The van der Waals surface area contributed by atoms with Crippen molar-refractivity contribution in [2.75, 3.05) is 6.61 Å². The molecule has 0 saturated heterocycles. The molecule has 0 aromatic rings. The smallest absolute Gasteiger partial charge is 0.373 e. The van der Waals surface area contributed by atoms with Crippen LogP contribution in [0.5, 0.6) is 0 Å². The van der Waals surface area contributed by atoms with Gasteiger partial charge >= 0.3 is 5.97 Å². The second-order valence-electron chi connectivity index (χ2n) is 1.72. The molecule has 0 aliphatic carbocycles. The number of hydrogen-bond donors (Lipinski definition) is 1. The second kappa shape index (κ2) is 5.30. The number of aliphatic hydroxyl groups is 1. The Bertz CT molecular complexity index is 202. The van der Waals surface area contributed by atoms with Crippen LogP contribution in [0, 0.1) is 11.3 Å². The third-order valence-corrected chi connectivity index (χ3v) is 0.930. The zero-order valence-electron chi connectivity index (χ0n) is 6.20. The van der Waals surface area contributed by atoms with Crippen molar-refractivity contribution in [2.24, 2.45) is 0 Å². The van der Waals surface area contributed by atoms with Gasteiger partial charge in [-0.1, -0.05) is 0 Å². The number of nitrogens with zero attached hydrogens (tertiary/aromatic N) is 1. The molecular formula is C7H9NO3. The number of rotatable bonds is 3. The lowest BCUT2D eigenvalue weighted by atomic mass is 10.4. The fourth-order valence-electron chi connectivity index (χ4n) is 0.381. The van der Waals surface area contributed by atoms with Crippen LogP contribution in [0.4, 0.5) is 0 Å². The third-order valence-electron chi connectivity index (χ3n) is 0.930. The van der Waals surface area contributed by atoms with Crippen molar-refractivity contribution in [1.29, 1.82) is 5.26 Å². The fourth-order valence-corrected chi connectivity index (χ4v) is 0.381. The molecule has 0 atom stereocenters. The average molecular weight is 155 g/mol. The maximum Gasteiger partial charge on any atom is 0.373 e. The monoisotopic (exact) mass is 155 g/mol. The zero-order chi connectivity index (χ0) is 8.69. The predicted octanol–water partition coefficient (Wildman–Crippen LogP) is 0.905. The highest BCUT2D eigenvalue weighted by molar-refractivity contribution is 5.85. The Kier molecular flexibility index (Phi) is 4.58. The standard InChI is InChI=1S/C7H9NO3/c1-2-6(9)7(10)11-5-3-4-8/h2,9H,3,5H2,1H3. The first-order valence-electron chi connectivity index (χ1n) is 3.11. The Balaban J connectivity index is 3.64. The predicted molar refractivity (Wildman–Crippen MR) is 37.6 cm³/mol. The summed E-state index contributed by atoms with van der Waals surface area (Å²) < 4.78 is 4.46. The number of carbonyl (C=O) groups is 1. The Morgan fingerprint density at radius 2 is 2.45 bits per heavy atom. The Labute approximate surface area is 64.7 Å². The van der Waals surface area contributed by atoms with E-state index in [4.69, 9.17) is 10.4 Å². The lowest BCUT2D eigenvalue weighted by molar-refractivity contribution is -0.141. The SMILES string of the molecule is CC=C(O)C(=O)OCCC#N. The summed E-state index contributed by atoms with van der Waals surface area (Å²) in [5.74, 6) is -1.22. The third kappa shape index (κ3) is 3.98. The van der Waals surface area contributed by atoms with Crippen molar-refractivity contribution < 1.29 is 14.6 Å². The first-order chi connectivity index (χ1) is 5.22. The van der Waals surface area contributed by atoms with Crippen LogP contribution in [-0.4, -0.2) is 17.7 Å². The number of nitriles is 1. The van der Waals surface area contributed by atoms with Crippen LogP contribution in [0.2, 0.25) is 0 Å². The molecule has 0 unspecified atom stereocenters. The molecule has 0 fully saturated rings. The van der Waals surface area contributed by atoms with E-state index in [1.165, 1.54) is 13.0 Å². The van der Waals surface area contributed by atoms with Crippen LogP contribution >= 0.6 is 0 Å². The van der Waals surface area contributed by atoms with E-state index < -0.39 is 11.7 Å². The number of allylic oxidation sites excluding steroid dienone is 1. The van der Waals surface area contributed by atoms with E-state index in [2.05, 4.69) is 4.74 Å². The first kappa shape index (κ1) is 9.50. The van der Waals surface area contributed by atoms with Gasteiger partial charge in [-0.3, -0.25) is 0 Å². The number of ether oxygens (including phenoxy) is 1. The van der Waals surface area contributed by atoms with Crippen molar-refractivity contribution in [1.82, 2.24) is 0 Å². The van der Waals surface area contributed by atoms with Crippen molar-refractivity contribution in [3.05, 3.63) is 11.8 Å². The molecule has 0 aromatic carbocycles. The summed E-state index contributed by atoms with van der Waals surface area (Å²) in [5.41, 5.74) is 0. The van der Waals surface area contributed by atoms with Crippen molar-refractivity contribution >= 4 is 5.97 Å². The molecule has 4 nitrogen and oxygen atoms in total. The van der Waals surface area contributed by atoms with Gasteiger partial charge in [0, 0.05) is 0 Å². The van der Waals surface area contributed by atoms with E-state index in [0.29, 0.717) is 0 Å². The molecular weight excluding hydrogens is 146 g/mol. The van der Waals surface area contributed by atoms with Crippen LogP contribution in [0.1, 0.15) is 13.3 Å². The zero-order valence-corrected chi connectivity index (χ0v) is 6.20. The molecule has 0 bridgehead atoms. The van der Waals surface area contributed by atoms with Crippen LogP contribution in [-0.2, 0) is 9.53 Å². The minimum atomic E-state index is -0.789. The highest BCUT2D eigenvalue weighted by atomic mass is 16.5. The van der Waals surface area contributed by atoms with Gasteiger partial charge in [0.15, 0.2) is 5.76 Å². The quantitative estimate of drug-likeness (QED) is 0.284. The molecule has 0 spiro atoms. The summed E-state index contributed by atoms with van der Waals surface area (Å²) in [6, 6.07) is 1.80. The molecule has 0 aromatic heterocycles. The van der Waals surface area contributed by atoms with E-state index in [-0.39, 0.29) is 13.0 Å². The first-order valence-corrected chi connectivity index (χ1v) is 3.11. The van der Waals surface area contributed by atoms with Crippen molar-refractivity contribution in [3.8, 4) is 6.07 Å². The Morgan fingerprint density at radius 1 is 1.82 bits per heavy atom. The van der Waals surface area contributed by atoms with Crippen LogP contribution < -0.4 is 0 Å². The van der Waals surface area contributed by atoms with Crippen molar-refractivity contribution in [3.63, 3.8) is 0 Å². The minimum Gasteiger partial charge on any atom is -0.502 e. The molecule has 0 rings (SSSR count). The molecule has 60 valence electrons. The van der Waals surface area contributed by atoms with Gasteiger partial charge in [-0.05, 0) is 13.0 Å². The Hall–Kier alpha value is -1.50. The number of aliphatic hydroxyl groups excluding tert-OH is 1. The number of esters is 1. The van der Waals surface area contributed by atoms with Crippen molar-refractivity contribution in [2.45, 2.75) is 13.3 Å². The van der Waals surface area contributed by atoms with Gasteiger partial charge in [-0.15, -0.1) is 0 Å². The van der Waals surface area contributed by atoms with E-state index in [1.54, 1.807) is 6.07 Å². The topological polar surface area (TPSA) is 70.3 Å². The van der Waals surface area contributed by atoms with Crippen LogP contribution in [0.3, 0.4) is 0 Å². The second-order valence-corrected chi connectivity index (χ2v) is 1.72. The van der Waals surface area contributed by atoms with E-state index >= 15 is 0 Å². The highest BCUT2D eigenvalue weighted by Crippen LogP contribution is 1.92. The minimum absolute atomic E-state index is 0.0211. The molecule has 4 heteroatoms. The number of hydrogen-bond acceptors (Lipinski definition) is 4. The molecule has 0 radical (unpaired) electrons. The van der Waals surface area contributed by atoms with Gasteiger partial charge in [0.05, 0.1) is 12.5 Å². The van der Waals surface area contributed by atoms with Gasteiger partial charge in [-0.25, -0.2) is 4.79 Å². The lowest BCUT2D eigenvalue weighted by Gasteiger charge is -1.98. The maximum atomic E-state index is 10.6. The molecule has 0 aliphatic rings. The fraction of sp³-hybridized carbons (Fsp3) is 0.429. The van der Waals surface area contributed by atoms with E-state index in [1.807, 2.05) is 0 Å². The molecule has 11 heavy (non-hydrogen) atoms. The number of carbonyl (C=O) groups excluding carboxylic acids is 1. The largest absolute Gasteiger partial charge is 0.502 e. The van der Waals surface area contributed by atoms with E-state index in [9.17, 15) is 4.79 Å². The summed E-state index contributed by atoms with van der Waals surface area (Å²) in [7, 11) is 0. The van der Waals surface area contributed by atoms with Gasteiger partial charge < -0.3 is 9.84 Å². The summed E-state index contributed by atoms with van der Waals surface area (Å²) in [6.45, 7) is 1.54.